The zero-order valence-electron chi connectivity index (χ0n) is 19.9. The quantitative estimate of drug-likeness (QED) is 0.583. The van der Waals surface area contributed by atoms with Crippen LogP contribution in [0.4, 0.5) is 4.79 Å². The van der Waals surface area contributed by atoms with Crippen LogP contribution in [0.3, 0.4) is 0 Å². The monoisotopic (exact) mass is 454 g/mol. The molecule has 0 aromatic heterocycles. The van der Waals surface area contributed by atoms with Gasteiger partial charge < -0.3 is 20.1 Å². The number of rotatable bonds is 9. The molecule has 0 aliphatic rings. The van der Waals surface area contributed by atoms with Gasteiger partial charge in [-0.3, -0.25) is 4.79 Å². The maximum Gasteiger partial charge on any atom is 0.408 e. The normalized spacial score (nSPS) is 14.0. The van der Waals surface area contributed by atoms with E-state index in [0.29, 0.717) is 13.1 Å². The number of benzene rings is 2. The third kappa shape index (κ3) is 8.25. The first-order valence-corrected chi connectivity index (χ1v) is 11.1. The highest BCUT2D eigenvalue weighted by atomic mass is 16.6. The Kier molecular flexibility index (Phi) is 9.02. The number of hydrogen-bond donors (Lipinski definition) is 2. The van der Waals surface area contributed by atoms with E-state index in [9.17, 15) is 19.5 Å². The molecule has 2 aromatic carbocycles. The summed E-state index contributed by atoms with van der Waals surface area (Å²) < 4.78 is 5.21. The number of carbonyl (C=O) groups excluding carboxylic acids is 2. The highest BCUT2D eigenvalue weighted by Gasteiger charge is 2.36. The van der Waals surface area contributed by atoms with Crippen LogP contribution in [0.25, 0.3) is 0 Å². The first-order chi connectivity index (χ1) is 15.5. The summed E-state index contributed by atoms with van der Waals surface area (Å²) >= 11 is 0. The zero-order chi connectivity index (χ0) is 24.6. The standard InChI is InChI=1S/C26H34N2O5/c1-18(22(24(30)31)27-25(32)33-26(3,4)5)19(2)23(29)28(16-20-12-8-6-9-13-20)17-21-14-10-7-11-15-21/h6-15,18-19,22H,16-17H2,1-5H3,(H,27,32)(H,30,31)/t18-,19+,22-/m0/s1. The number of nitrogens with zero attached hydrogens (tertiary/aromatic N) is 1. The van der Waals surface area contributed by atoms with Gasteiger partial charge in [-0.1, -0.05) is 74.5 Å². The van der Waals surface area contributed by atoms with Crippen molar-refractivity contribution < 1.29 is 24.2 Å². The van der Waals surface area contributed by atoms with E-state index in [0.717, 1.165) is 11.1 Å². The Morgan fingerprint density at radius 1 is 0.909 bits per heavy atom. The van der Waals surface area contributed by atoms with Crippen molar-refractivity contribution in [3.05, 3.63) is 71.8 Å². The first kappa shape index (κ1) is 25.9. The molecule has 0 heterocycles. The van der Waals surface area contributed by atoms with Gasteiger partial charge in [0, 0.05) is 19.0 Å². The molecule has 0 aliphatic carbocycles. The van der Waals surface area contributed by atoms with E-state index >= 15 is 0 Å². The van der Waals surface area contributed by atoms with Crippen LogP contribution in [0.1, 0.15) is 45.7 Å². The molecule has 0 saturated carbocycles. The molecule has 0 saturated heterocycles. The highest BCUT2D eigenvalue weighted by Crippen LogP contribution is 2.22. The van der Waals surface area contributed by atoms with Crippen molar-refractivity contribution in [2.45, 2.75) is 59.4 Å². The molecule has 0 unspecified atom stereocenters. The number of amides is 2. The number of carbonyl (C=O) groups is 3. The molecule has 178 valence electrons. The molecule has 7 nitrogen and oxygen atoms in total. The lowest BCUT2D eigenvalue weighted by Gasteiger charge is -2.32. The van der Waals surface area contributed by atoms with Gasteiger partial charge in [0.15, 0.2) is 0 Å². The van der Waals surface area contributed by atoms with E-state index in [1.807, 2.05) is 60.7 Å². The largest absolute Gasteiger partial charge is 0.480 e. The molecule has 3 atom stereocenters. The fraction of sp³-hybridized carbons (Fsp3) is 0.423. The van der Waals surface area contributed by atoms with Gasteiger partial charge in [-0.2, -0.15) is 0 Å². The molecule has 0 aliphatic heterocycles. The van der Waals surface area contributed by atoms with E-state index in [2.05, 4.69) is 5.32 Å². The summed E-state index contributed by atoms with van der Waals surface area (Å²) in [4.78, 5) is 39.4. The van der Waals surface area contributed by atoms with Crippen LogP contribution in [0.5, 0.6) is 0 Å². The second-order valence-corrected chi connectivity index (χ2v) is 9.28. The average molecular weight is 455 g/mol. The first-order valence-electron chi connectivity index (χ1n) is 11.1. The average Bonchev–Trinajstić information content (AvgIpc) is 2.75. The van der Waals surface area contributed by atoms with Gasteiger partial charge in [0.2, 0.25) is 5.91 Å². The van der Waals surface area contributed by atoms with Crippen molar-refractivity contribution >= 4 is 18.0 Å². The lowest BCUT2D eigenvalue weighted by molar-refractivity contribution is -0.144. The Morgan fingerprint density at radius 3 is 1.76 bits per heavy atom. The van der Waals surface area contributed by atoms with Gasteiger partial charge in [-0.15, -0.1) is 0 Å². The van der Waals surface area contributed by atoms with Crippen molar-refractivity contribution in [1.29, 1.82) is 0 Å². The maximum atomic E-state index is 13.5. The summed E-state index contributed by atoms with van der Waals surface area (Å²) in [6.07, 6.45) is -0.827. The minimum absolute atomic E-state index is 0.188. The van der Waals surface area contributed by atoms with Crippen LogP contribution >= 0.6 is 0 Å². The van der Waals surface area contributed by atoms with E-state index in [1.54, 1.807) is 39.5 Å². The second kappa shape index (κ2) is 11.5. The number of carboxylic acids is 1. The van der Waals surface area contributed by atoms with Gasteiger partial charge >= 0.3 is 12.1 Å². The van der Waals surface area contributed by atoms with Crippen LogP contribution in [-0.2, 0) is 27.4 Å². The third-order valence-corrected chi connectivity index (χ3v) is 5.39. The Labute approximate surface area is 195 Å². The van der Waals surface area contributed by atoms with Gasteiger partial charge in [0.05, 0.1) is 0 Å². The van der Waals surface area contributed by atoms with E-state index in [-0.39, 0.29) is 5.91 Å². The topological polar surface area (TPSA) is 95.9 Å². The van der Waals surface area contributed by atoms with Gasteiger partial charge in [0.25, 0.3) is 0 Å². The molecule has 0 bridgehead atoms. The van der Waals surface area contributed by atoms with E-state index < -0.39 is 35.5 Å². The molecular weight excluding hydrogens is 420 g/mol. The molecule has 2 N–H and O–H groups in total. The summed E-state index contributed by atoms with van der Waals surface area (Å²) in [7, 11) is 0. The van der Waals surface area contributed by atoms with Crippen molar-refractivity contribution in [3.8, 4) is 0 Å². The fourth-order valence-electron chi connectivity index (χ4n) is 3.47. The summed E-state index contributed by atoms with van der Waals surface area (Å²) in [5.74, 6) is -2.73. The highest BCUT2D eigenvalue weighted by molar-refractivity contribution is 5.83. The maximum absolute atomic E-state index is 13.5. The molecule has 2 amide bonds. The Hall–Kier alpha value is -3.35. The molecule has 2 aromatic rings. The minimum Gasteiger partial charge on any atom is -0.480 e. The molecule has 0 spiro atoms. The van der Waals surface area contributed by atoms with Crippen LogP contribution in [0, 0.1) is 11.8 Å². The number of aliphatic carboxylic acids is 1. The minimum atomic E-state index is -1.27. The van der Waals surface area contributed by atoms with Gasteiger partial charge in [-0.25, -0.2) is 9.59 Å². The molecule has 2 rings (SSSR count). The third-order valence-electron chi connectivity index (χ3n) is 5.39. The Bertz CT molecular complexity index is 883. The molecule has 0 fully saturated rings. The van der Waals surface area contributed by atoms with Crippen LogP contribution in [-0.4, -0.2) is 39.6 Å². The summed E-state index contributed by atoms with van der Waals surface area (Å²) in [5, 5.41) is 12.2. The number of nitrogens with one attached hydrogen (secondary N) is 1. The van der Waals surface area contributed by atoms with E-state index in [4.69, 9.17) is 4.74 Å². The molecule has 7 heteroatoms. The summed E-state index contributed by atoms with van der Waals surface area (Å²) in [6.45, 7) is 9.23. The zero-order valence-corrected chi connectivity index (χ0v) is 19.9. The molecule has 33 heavy (non-hydrogen) atoms. The molecule has 0 radical (unpaired) electrons. The fourth-order valence-corrected chi connectivity index (χ4v) is 3.47. The SMILES string of the molecule is C[C@H]([C@H](NC(=O)OC(C)(C)C)C(=O)O)[C@@H](C)C(=O)N(Cc1ccccc1)Cc1ccccc1. The number of hydrogen-bond acceptors (Lipinski definition) is 4. The number of alkyl carbamates (subject to hydrolysis) is 1. The summed E-state index contributed by atoms with van der Waals surface area (Å²) in [5.41, 5.74) is 1.19. The predicted molar refractivity (Wildman–Crippen MR) is 126 cm³/mol. The van der Waals surface area contributed by atoms with E-state index in [1.165, 1.54) is 0 Å². The second-order valence-electron chi connectivity index (χ2n) is 9.28. The lowest BCUT2D eigenvalue weighted by atomic mass is 9.87. The van der Waals surface area contributed by atoms with Gasteiger partial charge in [-0.05, 0) is 37.8 Å². The van der Waals surface area contributed by atoms with Crippen molar-refractivity contribution in [2.75, 3.05) is 0 Å². The van der Waals surface area contributed by atoms with Crippen molar-refractivity contribution in [2.24, 2.45) is 11.8 Å². The lowest BCUT2D eigenvalue weighted by Crippen LogP contribution is -2.50. The number of ether oxygens (including phenoxy) is 1. The van der Waals surface area contributed by atoms with Crippen LogP contribution < -0.4 is 5.32 Å². The Balaban J connectivity index is 2.21. The van der Waals surface area contributed by atoms with Crippen molar-refractivity contribution in [1.82, 2.24) is 10.2 Å². The smallest absolute Gasteiger partial charge is 0.408 e. The molecular formula is C26H34N2O5. The Morgan fingerprint density at radius 2 is 1.36 bits per heavy atom. The summed E-state index contributed by atoms with van der Waals surface area (Å²) in [6, 6.07) is 18.0. The van der Waals surface area contributed by atoms with Crippen LogP contribution in [0.2, 0.25) is 0 Å². The predicted octanol–water partition coefficient (Wildman–Crippen LogP) is 4.47. The van der Waals surface area contributed by atoms with Crippen LogP contribution in [0.15, 0.2) is 60.7 Å². The van der Waals surface area contributed by atoms with Gasteiger partial charge in [0.1, 0.15) is 11.6 Å². The van der Waals surface area contributed by atoms with Crippen molar-refractivity contribution in [3.63, 3.8) is 0 Å². The number of carboxylic acid groups (broad SMARTS) is 1.